The first-order valence-electron chi connectivity index (χ1n) is 13.4. The van der Waals surface area contributed by atoms with E-state index in [-0.39, 0.29) is 35.0 Å². The Morgan fingerprint density at radius 2 is 1.24 bits per heavy atom. The molecule has 0 saturated heterocycles. The molecule has 212 valence electrons. The van der Waals surface area contributed by atoms with Crippen molar-refractivity contribution < 1.29 is 28.7 Å². The van der Waals surface area contributed by atoms with Gasteiger partial charge in [0.05, 0.1) is 29.6 Å². The first-order chi connectivity index (χ1) is 20.4. The normalized spacial score (nSPS) is 12.3. The summed E-state index contributed by atoms with van der Waals surface area (Å²) in [6.45, 7) is 1.64. The number of benzene rings is 4. The summed E-state index contributed by atoms with van der Waals surface area (Å²) in [5.74, 6) is -1.79. The quantitative estimate of drug-likeness (QED) is 0.240. The van der Waals surface area contributed by atoms with Gasteiger partial charge in [-0.3, -0.25) is 9.59 Å². The molecule has 1 aliphatic carbocycles. The van der Waals surface area contributed by atoms with Crippen molar-refractivity contribution in [1.29, 1.82) is 0 Å². The van der Waals surface area contributed by atoms with Gasteiger partial charge in [0.1, 0.15) is 12.6 Å². The number of alkyl carbamates (subject to hydrolysis) is 1. The molecule has 0 heterocycles. The van der Waals surface area contributed by atoms with Gasteiger partial charge in [-0.15, -0.1) is 0 Å². The Balaban J connectivity index is 1.20. The first-order valence-corrected chi connectivity index (χ1v) is 13.4. The van der Waals surface area contributed by atoms with Crippen LogP contribution in [0.25, 0.3) is 11.1 Å². The summed E-state index contributed by atoms with van der Waals surface area (Å²) in [4.78, 5) is 50.8. The summed E-state index contributed by atoms with van der Waals surface area (Å²) in [5, 5.41) is 7.95. The van der Waals surface area contributed by atoms with Gasteiger partial charge in [-0.25, -0.2) is 9.59 Å². The van der Waals surface area contributed by atoms with Gasteiger partial charge >= 0.3 is 12.1 Å². The van der Waals surface area contributed by atoms with E-state index in [4.69, 9.17) is 9.47 Å². The van der Waals surface area contributed by atoms with E-state index in [0.29, 0.717) is 0 Å². The number of hydrogen-bond acceptors (Lipinski definition) is 6. The third-order valence-electron chi connectivity index (χ3n) is 7.08. The molecule has 4 aromatic carbocycles. The van der Waals surface area contributed by atoms with Crippen molar-refractivity contribution in [3.8, 4) is 11.1 Å². The van der Waals surface area contributed by atoms with Crippen LogP contribution in [0.4, 0.5) is 16.2 Å². The molecular weight excluding hydrogens is 534 g/mol. The number of carbonyl (C=O) groups is 4. The SMILES string of the molecule is COC(=O)c1ccccc1NC(=O)c1ccccc1NC(=O)[C@H](C)NC(=O)OCC1c2ccccc2-c2ccccc21. The zero-order chi connectivity index (χ0) is 29.6. The number of methoxy groups -OCH3 is 1. The largest absolute Gasteiger partial charge is 0.465 e. The van der Waals surface area contributed by atoms with E-state index in [9.17, 15) is 19.2 Å². The number of amides is 3. The van der Waals surface area contributed by atoms with Crippen LogP contribution in [0, 0.1) is 0 Å². The molecule has 0 radical (unpaired) electrons. The Bertz CT molecular complexity index is 1620. The minimum Gasteiger partial charge on any atom is -0.465 e. The Morgan fingerprint density at radius 3 is 1.86 bits per heavy atom. The van der Waals surface area contributed by atoms with Gasteiger partial charge in [0.25, 0.3) is 5.91 Å². The number of para-hydroxylation sites is 2. The third kappa shape index (κ3) is 5.85. The maximum atomic E-state index is 13.1. The molecule has 9 nitrogen and oxygen atoms in total. The Morgan fingerprint density at radius 1 is 0.714 bits per heavy atom. The fourth-order valence-electron chi connectivity index (χ4n) is 4.98. The summed E-state index contributed by atoms with van der Waals surface area (Å²) >= 11 is 0. The summed E-state index contributed by atoms with van der Waals surface area (Å²) in [7, 11) is 1.25. The maximum Gasteiger partial charge on any atom is 0.407 e. The minimum atomic E-state index is -0.961. The number of fused-ring (bicyclic) bond motifs is 3. The number of hydrogen-bond donors (Lipinski definition) is 3. The zero-order valence-electron chi connectivity index (χ0n) is 23.0. The lowest BCUT2D eigenvalue weighted by Gasteiger charge is -2.18. The second-order valence-electron chi connectivity index (χ2n) is 9.72. The molecule has 0 saturated carbocycles. The van der Waals surface area contributed by atoms with Crippen LogP contribution < -0.4 is 16.0 Å². The number of anilines is 2. The lowest BCUT2D eigenvalue weighted by atomic mass is 9.98. The van der Waals surface area contributed by atoms with E-state index in [1.807, 2.05) is 36.4 Å². The number of ether oxygens (including phenoxy) is 2. The lowest BCUT2D eigenvalue weighted by molar-refractivity contribution is -0.117. The molecule has 42 heavy (non-hydrogen) atoms. The van der Waals surface area contributed by atoms with Crippen LogP contribution in [0.2, 0.25) is 0 Å². The van der Waals surface area contributed by atoms with Crippen molar-refractivity contribution in [2.24, 2.45) is 0 Å². The molecule has 0 unspecified atom stereocenters. The molecule has 3 N–H and O–H groups in total. The molecule has 4 aromatic rings. The van der Waals surface area contributed by atoms with Crippen LogP contribution in [-0.4, -0.2) is 43.6 Å². The highest BCUT2D eigenvalue weighted by Gasteiger charge is 2.29. The van der Waals surface area contributed by atoms with Crippen LogP contribution >= 0.6 is 0 Å². The van der Waals surface area contributed by atoms with Crippen LogP contribution in [0.3, 0.4) is 0 Å². The zero-order valence-corrected chi connectivity index (χ0v) is 23.0. The van der Waals surface area contributed by atoms with Gasteiger partial charge < -0.3 is 25.4 Å². The number of esters is 1. The molecule has 5 rings (SSSR count). The van der Waals surface area contributed by atoms with Crippen molar-refractivity contribution in [3.63, 3.8) is 0 Å². The first kappa shape index (κ1) is 28.1. The minimum absolute atomic E-state index is 0.109. The Kier molecular flexibility index (Phi) is 8.29. The molecule has 0 aliphatic heterocycles. The molecule has 9 heteroatoms. The fraction of sp³-hybridized carbons (Fsp3) is 0.152. The molecule has 0 fully saturated rings. The highest BCUT2D eigenvalue weighted by Crippen LogP contribution is 2.44. The average molecular weight is 564 g/mol. The van der Waals surface area contributed by atoms with Crippen molar-refractivity contribution in [1.82, 2.24) is 5.32 Å². The number of carbonyl (C=O) groups excluding carboxylic acids is 4. The smallest absolute Gasteiger partial charge is 0.407 e. The van der Waals surface area contributed by atoms with Crippen molar-refractivity contribution in [2.75, 3.05) is 24.4 Å². The second kappa shape index (κ2) is 12.4. The van der Waals surface area contributed by atoms with E-state index in [2.05, 4.69) is 28.1 Å². The molecule has 1 aliphatic rings. The number of nitrogens with one attached hydrogen (secondary N) is 3. The molecule has 1 atom stereocenters. The fourth-order valence-corrected chi connectivity index (χ4v) is 4.98. The van der Waals surface area contributed by atoms with Gasteiger partial charge in [-0.05, 0) is 53.4 Å². The molecule has 0 spiro atoms. The molecule has 0 aromatic heterocycles. The second-order valence-corrected chi connectivity index (χ2v) is 9.72. The molecule has 0 bridgehead atoms. The van der Waals surface area contributed by atoms with Crippen molar-refractivity contribution >= 4 is 35.3 Å². The third-order valence-corrected chi connectivity index (χ3v) is 7.08. The monoisotopic (exact) mass is 563 g/mol. The predicted octanol–water partition coefficient (Wildman–Crippen LogP) is 5.59. The van der Waals surface area contributed by atoms with Gasteiger partial charge in [0.15, 0.2) is 0 Å². The van der Waals surface area contributed by atoms with E-state index >= 15 is 0 Å². The standard InChI is InChI=1S/C33H29N3O6/c1-20(34-33(40)42-19-27-23-13-5-3-11-21(23)22-12-4-6-14-24(22)27)30(37)35-28-17-9-7-15-25(28)31(38)36-29-18-10-8-16-26(29)32(39)41-2/h3-18,20,27H,19H2,1-2H3,(H,34,40)(H,35,37)(H,36,38)/t20-/m0/s1. The van der Waals surface area contributed by atoms with E-state index in [1.165, 1.54) is 26.2 Å². The van der Waals surface area contributed by atoms with E-state index < -0.39 is 29.9 Å². The van der Waals surface area contributed by atoms with Crippen LogP contribution in [0.5, 0.6) is 0 Å². The topological polar surface area (TPSA) is 123 Å². The van der Waals surface area contributed by atoms with E-state index in [1.54, 1.807) is 36.4 Å². The highest BCUT2D eigenvalue weighted by atomic mass is 16.5. The van der Waals surface area contributed by atoms with Gasteiger partial charge in [0, 0.05) is 5.92 Å². The molecular formula is C33H29N3O6. The Hall–Kier alpha value is -5.44. The highest BCUT2D eigenvalue weighted by molar-refractivity contribution is 6.12. The maximum absolute atomic E-state index is 13.1. The van der Waals surface area contributed by atoms with Crippen LogP contribution in [0.15, 0.2) is 97.1 Å². The predicted molar refractivity (Wildman–Crippen MR) is 158 cm³/mol. The summed E-state index contributed by atoms with van der Waals surface area (Å²) < 4.78 is 10.3. The Labute approximate surface area is 242 Å². The van der Waals surface area contributed by atoms with Crippen LogP contribution in [-0.2, 0) is 14.3 Å². The summed E-state index contributed by atoms with van der Waals surface area (Å²) in [5.41, 5.74) is 5.26. The summed E-state index contributed by atoms with van der Waals surface area (Å²) in [6.07, 6.45) is -0.732. The van der Waals surface area contributed by atoms with E-state index in [0.717, 1.165) is 22.3 Å². The van der Waals surface area contributed by atoms with Gasteiger partial charge in [-0.2, -0.15) is 0 Å². The van der Waals surface area contributed by atoms with Crippen LogP contribution in [0.1, 0.15) is 44.7 Å². The van der Waals surface area contributed by atoms with Crippen molar-refractivity contribution in [3.05, 3.63) is 119 Å². The lowest BCUT2D eigenvalue weighted by Crippen LogP contribution is -2.42. The van der Waals surface area contributed by atoms with Crippen molar-refractivity contribution in [2.45, 2.75) is 18.9 Å². The van der Waals surface area contributed by atoms with Gasteiger partial charge in [-0.1, -0.05) is 72.8 Å². The summed E-state index contributed by atoms with van der Waals surface area (Å²) in [6, 6.07) is 27.9. The average Bonchev–Trinajstić information content (AvgIpc) is 3.33. The van der Waals surface area contributed by atoms with Gasteiger partial charge in [0.2, 0.25) is 5.91 Å². The molecule has 3 amide bonds. The number of rotatable bonds is 8.